The van der Waals surface area contributed by atoms with Crippen LogP contribution in [0, 0.1) is 0 Å². The van der Waals surface area contributed by atoms with Gasteiger partial charge in [0.05, 0.1) is 37.3 Å². The molecule has 4 heterocycles. The summed E-state index contributed by atoms with van der Waals surface area (Å²) in [6, 6.07) is 13.8. The zero-order chi connectivity index (χ0) is 21.0. The van der Waals surface area contributed by atoms with Crippen molar-refractivity contribution in [1.29, 1.82) is 0 Å². The maximum atomic E-state index is 12.9. The number of fused-ring (bicyclic) bond motifs is 1. The highest BCUT2D eigenvalue weighted by Crippen LogP contribution is 2.26. The zero-order valence-electron chi connectivity index (χ0n) is 17.1. The van der Waals surface area contributed by atoms with Gasteiger partial charge < -0.3 is 10.1 Å². The highest BCUT2D eigenvalue weighted by atomic mass is 16.5. The molecule has 1 saturated heterocycles. The molecule has 0 atom stereocenters. The molecule has 1 N–H and O–H groups in total. The molecule has 2 aliphatic heterocycles. The van der Waals surface area contributed by atoms with Crippen LogP contribution < -0.4 is 5.32 Å². The first-order valence-corrected chi connectivity index (χ1v) is 10.4. The Labute approximate surface area is 180 Å². The number of rotatable bonds is 5. The number of carbonyl (C=O) groups excluding carboxylic acids is 1. The summed E-state index contributed by atoms with van der Waals surface area (Å²) in [6.45, 7) is 4.66. The number of benzene rings is 1. The minimum absolute atomic E-state index is 0.218. The van der Waals surface area contributed by atoms with E-state index in [-0.39, 0.29) is 5.91 Å². The van der Waals surface area contributed by atoms with E-state index in [9.17, 15) is 4.79 Å². The van der Waals surface area contributed by atoms with Crippen LogP contribution in [0.15, 0.2) is 66.0 Å². The summed E-state index contributed by atoms with van der Waals surface area (Å²) in [6.07, 6.45) is 5.27. The summed E-state index contributed by atoms with van der Waals surface area (Å²) < 4.78 is 5.38. The highest BCUT2D eigenvalue weighted by molar-refractivity contribution is 6.49. The number of amides is 1. The molecule has 2 aromatic heterocycles. The molecule has 1 fully saturated rings. The molecule has 0 aliphatic carbocycles. The molecule has 0 spiro atoms. The van der Waals surface area contributed by atoms with Crippen LogP contribution in [0.2, 0.25) is 0 Å². The van der Waals surface area contributed by atoms with E-state index in [4.69, 9.17) is 4.74 Å². The molecule has 0 radical (unpaired) electrons. The van der Waals surface area contributed by atoms with Gasteiger partial charge in [0.2, 0.25) is 0 Å². The average molecular weight is 413 g/mol. The van der Waals surface area contributed by atoms with E-state index < -0.39 is 0 Å². The van der Waals surface area contributed by atoms with Gasteiger partial charge in [-0.05, 0) is 35.4 Å². The Kier molecular flexibility index (Phi) is 5.52. The van der Waals surface area contributed by atoms with Gasteiger partial charge in [-0.25, -0.2) is 0 Å². The molecule has 7 nitrogen and oxygen atoms in total. The molecule has 0 unspecified atom stereocenters. The van der Waals surface area contributed by atoms with E-state index in [1.165, 1.54) is 0 Å². The van der Waals surface area contributed by atoms with Crippen LogP contribution in [0.1, 0.15) is 16.8 Å². The SMILES string of the molecule is O=C(Nc1ccc(CN2CCOCC2)nc1)C1=NCc2ccc(-c3cccnc3)cc21. The fourth-order valence-electron chi connectivity index (χ4n) is 3.86. The van der Waals surface area contributed by atoms with Gasteiger partial charge >= 0.3 is 0 Å². The lowest BCUT2D eigenvalue weighted by atomic mass is 9.98. The minimum Gasteiger partial charge on any atom is -0.379 e. The standard InChI is InChI=1S/C24H23N5O2/c30-24(28-20-5-6-21(26-15-20)16-29-8-10-31-11-9-29)23-22-12-17(3-4-19(22)14-27-23)18-2-1-7-25-13-18/h1-7,12-13,15H,8-11,14,16H2,(H,28,30). The lowest BCUT2D eigenvalue weighted by molar-refractivity contribution is -0.110. The molecule has 31 heavy (non-hydrogen) atoms. The van der Waals surface area contributed by atoms with E-state index in [1.807, 2.05) is 48.7 Å². The van der Waals surface area contributed by atoms with Gasteiger partial charge in [0.15, 0.2) is 0 Å². The fourth-order valence-corrected chi connectivity index (χ4v) is 3.86. The number of hydrogen-bond acceptors (Lipinski definition) is 6. The van der Waals surface area contributed by atoms with Crippen molar-refractivity contribution in [3.63, 3.8) is 0 Å². The normalized spacial score (nSPS) is 15.9. The Morgan fingerprint density at radius 3 is 2.74 bits per heavy atom. The first-order valence-electron chi connectivity index (χ1n) is 10.4. The van der Waals surface area contributed by atoms with Gasteiger partial charge in [0.25, 0.3) is 5.91 Å². The fraction of sp³-hybridized carbons (Fsp3) is 0.250. The molecule has 1 amide bonds. The summed E-state index contributed by atoms with van der Waals surface area (Å²) in [5.41, 5.74) is 6.05. The molecule has 0 saturated carbocycles. The first-order chi connectivity index (χ1) is 15.3. The quantitative estimate of drug-likeness (QED) is 0.696. The van der Waals surface area contributed by atoms with Crippen molar-refractivity contribution in [3.8, 4) is 11.1 Å². The van der Waals surface area contributed by atoms with Gasteiger partial charge in [0.1, 0.15) is 5.71 Å². The summed E-state index contributed by atoms with van der Waals surface area (Å²) in [7, 11) is 0. The second-order valence-electron chi connectivity index (χ2n) is 7.66. The Morgan fingerprint density at radius 2 is 1.97 bits per heavy atom. The molecule has 0 bridgehead atoms. The van der Waals surface area contributed by atoms with Crippen LogP contribution in [-0.4, -0.2) is 52.8 Å². The highest BCUT2D eigenvalue weighted by Gasteiger charge is 2.23. The summed E-state index contributed by atoms with van der Waals surface area (Å²) in [4.78, 5) is 28.4. The maximum Gasteiger partial charge on any atom is 0.274 e. The van der Waals surface area contributed by atoms with Gasteiger partial charge in [0, 0.05) is 43.2 Å². The molecule has 1 aromatic carbocycles. The number of ether oxygens (including phenoxy) is 1. The maximum absolute atomic E-state index is 12.9. The Balaban J connectivity index is 1.27. The summed E-state index contributed by atoms with van der Waals surface area (Å²) >= 11 is 0. The van der Waals surface area contributed by atoms with E-state index in [1.54, 1.807) is 12.4 Å². The summed E-state index contributed by atoms with van der Waals surface area (Å²) in [5.74, 6) is -0.218. The van der Waals surface area contributed by atoms with E-state index in [2.05, 4.69) is 25.2 Å². The number of nitrogens with one attached hydrogen (secondary N) is 1. The van der Waals surface area contributed by atoms with Crippen LogP contribution in [-0.2, 0) is 22.6 Å². The zero-order valence-corrected chi connectivity index (χ0v) is 17.1. The van der Waals surface area contributed by atoms with Crippen molar-refractivity contribution in [2.45, 2.75) is 13.1 Å². The number of anilines is 1. The van der Waals surface area contributed by atoms with Gasteiger partial charge in [-0.1, -0.05) is 18.2 Å². The molecular formula is C24H23N5O2. The van der Waals surface area contributed by atoms with Crippen LogP contribution >= 0.6 is 0 Å². The number of morpholine rings is 1. The average Bonchev–Trinajstić information content (AvgIpc) is 3.25. The van der Waals surface area contributed by atoms with Crippen molar-refractivity contribution in [2.75, 3.05) is 31.6 Å². The van der Waals surface area contributed by atoms with Crippen LogP contribution in [0.5, 0.6) is 0 Å². The molecule has 3 aromatic rings. The number of hydrogen-bond donors (Lipinski definition) is 1. The predicted molar refractivity (Wildman–Crippen MR) is 119 cm³/mol. The Hall–Kier alpha value is -3.42. The van der Waals surface area contributed by atoms with E-state index in [0.717, 1.165) is 60.8 Å². The third kappa shape index (κ3) is 4.38. The topological polar surface area (TPSA) is 79.7 Å². The number of pyridine rings is 2. The minimum atomic E-state index is -0.218. The lowest BCUT2D eigenvalue weighted by Crippen LogP contribution is -2.35. The summed E-state index contributed by atoms with van der Waals surface area (Å²) in [5, 5.41) is 2.94. The van der Waals surface area contributed by atoms with Crippen LogP contribution in [0.25, 0.3) is 11.1 Å². The molecule has 7 heteroatoms. The Bertz CT molecular complexity index is 1110. The largest absolute Gasteiger partial charge is 0.379 e. The second-order valence-corrected chi connectivity index (χ2v) is 7.66. The van der Waals surface area contributed by atoms with Crippen LogP contribution in [0.3, 0.4) is 0 Å². The molecular weight excluding hydrogens is 390 g/mol. The van der Waals surface area contributed by atoms with Crippen molar-refractivity contribution in [2.24, 2.45) is 4.99 Å². The molecule has 2 aliphatic rings. The van der Waals surface area contributed by atoms with Crippen LogP contribution in [0.4, 0.5) is 5.69 Å². The second kappa shape index (κ2) is 8.75. The number of nitrogens with zero attached hydrogens (tertiary/aromatic N) is 4. The lowest BCUT2D eigenvalue weighted by Gasteiger charge is -2.26. The third-order valence-electron chi connectivity index (χ3n) is 5.55. The van der Waals surface area contributed by atoms with Gasteiger partial charge in [-0.3, -0.25) is 24.7 Å². The molecule has 156 valence electrons. The number of carbonyl (C=O) groups is 1. The van der Waals surface area contributed by atoms with Gasteiger partial charge in [-0.15, -0.1) is 0 Å². The predicted octanol–water partition coefficient (Wildman–Crippen LogP) is 2.92. The van der Waals surface area contributed by atoms with Crippen molar-refractivity contribution < 1.29 is 9.53 Å². The number of aromatic nitrogens is 2. The van der Waals surface area contributed by atoms with Crippen molar-refractivity contribution in [3.05, 3.63) is 77.9 Å². The molecule has 5 rings (SSSR count). The van der Waals surface area contributed by atoms with Gasteiger partial charge in [-0.2, -0.15) is 0 Å². The Morgan fingerprint density at radius 1 is 1.06 bits per heavy atom. The van der Waals surface area contributed by atoms with E-state index in [0.29, 0.717) is 17.9 Å². The first kappa shape index (κ1) is 19.5. The van der Waals surface area contributed by atoms with E-state index >= 15 is 0 Å². The smallest absolute Gasteiger partial charge is 0.274 e. The van der Waals surface area contributed by atoms with Crippen molar-refractivity contribution >= 4 is 17.3 Å². The third-order valence-corrected chi connectivity index (χ3v) is 5.55. The number of aliphatic imine (C=N–C) groups is 1. The monoisotopic (exact) mass is 413 g/mol. The van der Waals surface area contributed by atoms with Crippen molar-refractivity contribution in [1.82, 2.24) is 14.9 Å².